The highest BCUT2D eigenvalue weighted by molar-refractivity contribution is 6.31. The normalized spacial score (nSPS) is 12.4. The molecule has 0 amide bonds. The summed E-state index contributed by atoms with van der Waals surface area (Å²) in [5.41, 5.74) is 2.36. The molecule has 0 nitrogen and oxygen atoms in total. The van der Waals surface area contributed by atoms with E-state index in [1.54, 1.807) is 0 Å². The van der Waals surface area contributed by atoms with Crippen molar-refractivity contribution in [2.75, 3.05) is 0 Å². The number of halogens is 2. The molecule has 0 aliphatic rings. The Morgan fingerprint density at radius 2 is 1.50 bits per heavy atom. The standard InChI is InChI=1S/C14H12Cl2/c1-10(11-6-8-12(15)9-7-11)13-4-2-3-5-14(13)16/h2-10H,1H3. The number of hydrogen-bond acceptors (Lipinski definition) is 0. The molecule has 0 saturated heterocycles. The van der Waals surface area contributed by atoms with Crippen molar-refractivity contribution in [1.29, 1.82) is 0 Å². The van der Waals surface area contributed by atoms with Crippen LogP contribution in [-0.4, -0.2) is 0 Å². The van der Waals surface area contributed by atoms with E-state index >= 15 is 0 Å². The van der Waals surface area contributed by atoms with E-state index in [9.17, 15) is 0 Å². The van der Waals surface area contributed by atoms with Gasteiger partial charge in [-0.3, -0.25) is 0 Å². The van der Waals surface area contributed by atoms with Crippen LogP contribution in [0.3, 0.4) is 0 Å². The van der Waals surface area contributed by atoms with Gasteiger partial charge in [-0.15, -0.1) is 0 Å². The van der Waals surface area contributed by atoms with E-state index in [4.69, 9.17) is 23.2 Å². The largest absolute Gasteiger partial charge is 0.0843 e. The fourth-order valence-electron chi connectivity index (χ4n) is 1.76. The van der Waals surface area contributed by atoms with Gasteiger partial charge in [0, 0.05) is 16.0 Å². The summed E-state index contributed by atoms with van der Waals surface area (Å²) in [4.78, 5) is 0. The fraction of sp³-hybridized carbons (Fsp3) is 0.143. The quantitative estimate of drug-likeness (QED) is 0.692. The second-order valence-electron chi connectivity index (χ2n) is 3.79. The lowest BCUT2D eigenvalue weighted by Crippen LogP contribution is -1.96. The molecule has 1 atom stereocenters. The van der Waals surface area contributed by atoms with Crippen LogP contribution in [0, 0.1) is 0 Å². The van der Waals surface area contributed by atoms with Gasteiger partial charge in [0.25, 0.3) is 0 Å². The van der Waals surface area contributed by atoms with Crippen LogP contribution in [0.5, 0.6) is 0 Å². The van der Waals surface area contributed by atoms with Gasteiger partial charge in [0.2, 0.25) is 0 Å². The Bertz CT molecular complexity index is 474. The molecule has 0 aliphatic carbocycles. The van der Waals surface area contributed by atoms with Gasteiger partial charge >= 0.3 is 0 Å². The fourth-order valence-corrected chi connectivity index (χ4v) is 2.18. The molecule has 2 heteroatoms. The highest BCUT2D eigenvalue weighted by Crippen LogP contribution is 2.30. The summed E-state index contributed by atoms with van der Waals surface area (Å²) < 4.78 is 0. The maximum absolute atomic E-state index is 6.17. The lowest BCUT2D eigenvalue weighted by Gasteiger charge is -2.13. The first-order valence-electron chi connectivity index (χ1n) is 5.18. The Hall–Kier alpha value is -0.980. The van der Waals surface area contributed by atoms with Crippen LogP contribution >= 0.6 is 23.2 Å². The van der Waals surface area contributed by atoms with Crippen molar-refractivity contribution in [3.05, 3.63) is 69.7 Å². The molecule has 2 aromatic carbocycles. The molecule has 0 saturated carbocycles. The van der Waals surface area contributed by atoms with Gasteiger partial charge in [-0.2, -0.15) is 0 Å². The average Bonchev–Trinajstić information content (AvgIpc) is 2.30. The van der Waals surface area contributed by atoms with Crippen LogP contribution in [0.1, 0.15) is 24.0 Å². The van der Waals surface area contributed by atoms with E-state index in [-0.39, 0.29) is 5.92 Å². The third-order valence-corrected chi connectivity index (χ3v) is 3.34. The van der Waals surface area contributed by atoms with Crippen LogP contribution in [-0.2, 0) is 0 Å². The van der Waals surface area contributed by atoms with Crippen molar-refractivity contribution in [3.63, 3.8) is 0 Å². The van der Waals surface area contributed by atoms with E-state index in [0.717, 1.165) is 15.6 Å². The molecule has 82 valence electrons. The summed E-state index contributed by atoms with van der Waals surface area (Å²) in [7, 11) is 0. The van der Waals surface area contributed by atoms with Gasteiger partial charge in [0.15, 0.2) is 0 Å². The first-order valence-corrected chi connectivity index (χ1v) is 5.94. The summed E-state index contributed by atoms with van der Waals surface area (Å²) in [6.07, 6.45) is 0. The van der Waals surface area contributed by atoms with Crippen molar-refractivity contribution >= 4 is 23.2 Å². The smallest absolute Gasteiger partial charge is 0.0444 e. The minimum Gasteiger partial charge on any atom is -0.0843 e. The maximum Gasteiger partial charge on any atom is 0.0444 e. The SMILES string of the molecule is CC(c1ccc(Cl)cc1)c1ccccc1Cl. The summed E-state index contributed by atoms with van der Waals surface area (Å²) in [6.45, 7) is 2.14. The molecule has 0 heterocycles. The third kappa shape index (κ3) is 2.40. The lowest BCUT2D eigenvalue weighted by atomic mass is 9.93. The van der Waals surface area contributed by atoms with Gasteiger partial charge in [-0.25, -0.2) is 0 Å². The van der Waals surface area contributed by atoms with E-state index < -0.39 is 0 Å². The third-order valence-electron chi connectivity index (χ3n) is 2.74. The van der Waals surface area contributed by atoms with Crippen molar-refractivity contribution in [3.8, 4) is 0 Å². The molecule has 0 spiro atoms. The number of rotatable bonds is 2. The zero-order valence-corrected chi connectivity index (χ0v) is 10.5. The zero-order valence-electron chi connectivity index (χ0n) is 8.95. The molecule has 2 aromatic rings. The Labute approximate surface area is 106 Å². The molecule has 0 aliphatic heterocycles. The molecule has 0 N–H and O–H groups in total. The molecule has 0 aromatic heterocycles. The van der Waals surface area contributed by atoms with Crippen molar-refractivity contribution in [2.24, 2.45) is 0 Å². The summed E-state index contributed by atoms with van der Waals surface area (Å²) in [6, 6.07) is 15.8. The van der Waals surface area contributed by atoms with Crippen molar-refractivity contribution in [2.45, 2.75) is 12.8 Å². The van der Waals surface area contributed by atoms with Gasteiger partial charge < -0.3 is 0 Å². The zero-order chi connectivity index (χ0) is 11.5. The summed E-state index contributed by atoms with van der Waals surface area (Å²) in [5.74, 6) is 0.283. The number of benzene rings is 2. The molecule has 16 heavy (non-hydrogen) atoms. The average molecular weight is 251 g/mol. The van der Waals surface area contributed by atoms with Gasteiger partial charge in [-0.05, 0) is 29.3 Å². The summed E-state index contributed by atoms with van der Waals surface area (Å²) in [5, 5.41) is 1.57. The van der Waals surface area contributed by atoms with Gasteiger partial charge in [-0.1, -0.05) is 60.5 Å². The maximum atomic E-state index is 6.17. The Kier molecular flexibility index (Phi) is 3.52. The molecular weight excluding hydrogens is 239 g/mol. The molecular formula is C14H12Cl2. The predicted octanol–water partition coefficient (Wildman–Crippen LogP) is 5.15. The van der Waals surface area contributed by atoms with Gasteiger partial charge in [0.1, 0.15) is 0 Å². The first-order chi connectivity index (χ1) is 7.68. The van der Waals surface area contributed by atoms with Crippen molar-refractivity contribution < 1.29 is 0 Å². The first kappa shape index (κ1) is 11.5. The predicted molar refractivity (Wildman–Crippen MR) is 70.4 cm³/mol. The van der Waals surface area contributed by atoms with E-state index in [1.807, 2.05) is 42.5 Å². The lowest BCUT2D eigenvalue weighted by molar-refractivity contribution is 0.923. The van der Waals surface area contributed by atoms with Crippen LogP contribution in [0.25, 0.3) is 0 Å². The highest BCUT2D eigenvalue weighted by Gasteiger charge is 2.10. The van der Waals surface area contributed by atoms with E-state index in [0.29, 0.717) is 0 Å². The Balaban J connectivity index is 2.35. The Morgan fingerprint density at radius 3 is 2.12 bits per heavy atom. The van der Waals surface area contributed by atoms with Gasteiger partial charge in [0.05, 0.1) is 0 Å². The topological polar surface area (TPSA) is 0 Å². The molecule has 0 fully saturated rings. The Morgan fingerprint density at radius 1 is 0.875 bits per heavy atom. The molecule has 0 radical (unpaired) electrons. The summed E-state index contributed by atoms with van der Waals surface area (Å²) >= 11 is 12.0. The van der Waals surface area contributed by atoms with Crippen LogP contribution < -0.4 is 0 Å². The van der Waals surface area contributed by atoms with Crippen molar-refractivity contribution in [1.82, 2.24) is 0 Å². The minimum atomic E-state index is 0.283. The minimum absolute atomic E-state index is 0.283. The molecule has 0 bridgehead atoms. The second kappa shape index (κ2) is 4.90. The molecule has 2 rings (SSSR count). The number of hydrogen-bond donors (Lipinski definition) is 0. The second-order valence-corrected chi connectivity index (χ2v) is 4.64. The van der Waals surface area contributed by atoms with Crippen LogP contribution in [0.4, 0.5) is 0 Å². The monoisotopic (exact) mass is 250 g/mol. The highest BCUT2D eigenvalue weighted by atomic mass is 35.5. The van der Waals surface area contributed by atoms with E-state index in [1.165, 1.54) is 5.56 Å². The van der Waals surface area contributed by atoms with E-state index in [2.05, 4.69) is 13.0 Å². The molecule has 1 unspecified atom stereocenters. The van der Waals surface area contributed by atoms with Crippen LogP contribution in [0.15, 0.2) is 48.5 Å². The van der Waals surface area contributed by atoms with Crippen LogP contribution in [0.2, 0.25) is 10.0 Å².